The van der Waals surface area contributed by atoms with Crippen LogP contribution in [0.1, 0.15) is 19.3 Å². The smallest absolute Gasteiger partial charge is 0.0841 e. The molecule has 1 heterocycles. The lowest BCUT2D eigenvalue weighted by molar-refractivity contribution is 0.373. The van der Waals surface area contributed by atoms with Crippen molar-refractivity contribution in [2.45, 2.75) is 37.0 Å². The van der Waals surface area contributed by atoms with Crippen LogP contribution in [0.3, 0.4) is 0 Å². The molecule has 0 spiro atoms. The van der Waals surface area contributed by atoms with Crippen molar-refractivity contribution in [1.82, 2.24) is 0 Å². The molecule has 0 aromatic rings. The summed E-state index contributed by atoms with van der Waals surface area (Å²) in [6, 6.07) is 0. The summed E-state index contributed by atoms with van der Waals surface area (Å²) in [5, 5.41) is 0. The van der Waals surface area contributed by atoms with Crippen molar-refractivity contribution in [3.63, 3.8) is 0 Å². The molecule has 1 saturated carbocycles. The highest BCUT2D eigenvalue weighted by atomic mass is 28.1. The Morgan fingerprint density at radius 3 is 2.88 bits per heavy atom. The molecule has 0 radical (unpaired) electrons. The second-order valence-electron chi connectivity index (χ2n) is 3.05. The first kappa shape index (κ1) is 5.00. The minimum atomic E-state index is 0.714. The topological polar surface area (TPSA) is 12.5 Å². The maximum Gasteiger partial charge on any atom is 0.0841 e. The molecule has 0 aromatic carbocycles. The van der Waals surface area contributed by atoms with Gasteiger partial charge in [0.25, 0.3) is 0 Å². The zero-order valence-corrected chi connectivity index (χ0v) is 7.26. The summed E-state index contributed by atoms with van der Waals surface area (Å²) < 4.78 is 5.42. The van der Waals surface area contributed by atoms with Crippen LogP contribution in [0.25, 0.3) is 0 Å². The molecule has 46 valence electrons. The molecule has 3 unspecified atom stereocenters. The van der Waals surface area contributed by atoms with Crippen LogP contribution in [0.15, 0.2) is 0 Å². The van der Waals surface area contributed by atoms with E-state index in [1.54, 1.807) is 0 Å². The summed E-state index contributed by atoms with van der Waals surface area (Å²) >= 11 is 0. The Hall–Kier alpha value is 0.177. The van der Waals surface area contributed by atoms with Gasteiger partial charge in [0.2, 0.25) is 0 Å². The van der Waals surface area contributed by atoms with E-state index in [2.05, 4.69) is 0 Å². The molecule has 2 heteroatoms. The average molecular weight is 128 g/mol. The fourth-order valence-electron chi connectivity index (χ4n) is 1.69. The van der Waals surface area contributed by atoms with Crippen molar-refractivity contribution in [2.75, 3.05) is 0 Å². The second kappa shape index (κ2) is 1.58. The zero-order valence-electron chi connectivity index (χ0n) is 5.26. The fraction of sp³-hybridized carbons (Fsp3) is 1.00. The Morgan fingerprint density at radius 2 is 2.25 bits per heavy atom. The van der Waals surface area contributed by atoms with E-state index in [1.165, 1.54) is 29.5 Å². The van der Waals surface area contributed by atoms with E-state index in [-0.39, 0.29) is 0 Å². The summed E-state index contributed by atoms with van der Waals surface area (Å²) in [7, 11) is 1.35. The normalized spacial score (nSPS) is 53.2. The van der Waals surface area contributed by atoms with Crippen LogP contribution in [0, 0.1) is 0 Å². The van der Waals surface area contributed by atoms with Gasteiger partial charge in [0.05, 0.1) is 12.2 Å². The predicted octanol–water partition coefficient (Wildman–Crippen LogP) is 0.0916. The van der Waals surface area contributed by atoms with E-state index in [1.807, 2.05) is 0 Å². The number of ether oxygens (including phenoxy) is 1. The molecule has 1 aliphatic carbocycles. The lowest BCUT2D eigenvalue weighted by Crippen LogP contribution is -2.10. The van der Waals surface area contributed by atoms with Crippen molar-refractivity contribution in [2.24, 2.45) is 0 Å². The van der Waals surface area contributed by atoms with Gasteiger partial charge in [0.1, 0.15) is 0 Å². The predicted molar refractivity (Wildman–Crippen MR) is 36.2 cm³/mol. The van der Waals surface area contributed by atoms with E-state index in [0.717, 1.165) is 11.6 Å². The van der Waals surface area contributed by atoms with E-state index < -0.39 is 0 Å². The molecule has 2 fully saturated rings. The van der Waals surface area contributed by atoms with Crippen LogP contribution in [-0.2, 0) is 4.74 Å². The van der Waals surface area contributed by atoms with Crippen molar-refractivity contribution in [3.05, 3.63) is 0 Å². The number of rotatable bonds is 0. The third-order valence-corrected chi connectivity index (χ3v) is 3.57. The first-order valence-corrected chi connectivity index (χ1v) is 4.69. The molecule has 8 heavy (non-hydrogen) atoms. The minimum absolute atomic E-state index is 0.714. The number of fused-ring (bicyclic) bond motifs is 1. The summed E-state index contributed by atoms with van der Waals surface area (Å²) in [4.78, 5) is 0. The van der Waals surface area contributed by atoms with Gasteiger partial charge >= 0.3 is 0 Å². The van der Waals surface area contributed by atoms with E-state index in [9.17, 15) is 0 Å². The first-order chi connectivity index (χ1) is 3.88. The van der Waals surface area contributed by atoms with Crippen LogP contribution in [0.5, 0.6) is 0 Å². The van der Waals surface area contributed by atoms with Crippen molar-refractivity contribution in [3.8, 4) is 0 Å². The molecular formula is C6H12OSi. The standard InChI is InChI=1S/C6H12OSi/c8-5-3-1-2-4-6(5)7-4/h4-6H,1-3H2,8H3. The van der Waals surface area contributed by atoms with Gasteiger partial charge in [0.15, 0.2) is 0 Å². The van der Waals surface area contributed by atoms with Crippen LogP contribution in [0.2, 0.25) is 5.54 Å². The number of epoxide rings is 1. The van der Waals surface area contributed by atoms with Gasteiger partial charge in [-0.15, -0.1) is 0 Å². The Balaban J connectivity index is 1.99. The van der Waals surface area contributed by atoms with Gasteiger partial charge in [-0.25, -0.2) is 0 Å². The highest BCUT2D eigenvalue weighted by Gasteiger charge is 2.44. The maximum absolute atomic E-state index is 5.42. The third kappa shape index (κ3) is 0.633. The fourth-order valence-corrected chi connectivity index (χ4v) is 2.69. The molecule has 2 rings (SSSR count). The Morgan fingerprint density at radius 1 is 1.38 bits per heavy atom. The molecule has 1 nitrogen and oxygen atoms in total. The third-order valence-electron chi connectivity index (χ3n) is 2.33. The van der Waals surface area contributed by atoms with Crippen LogP contribution >= 0.6 is 0 Å². The van der Waals surface area contributed by atoms with Gasteiger partial charge in [-0.05, 0) is 12.0 Å². The highest BCUT2D eigenvalue weighted by molar-refractivity contribution is 6.12. The minimum Gasteiger partial charge on any atom is -0.370 e. The van der Waals surface area contributed by atoms with Crippen molar-refractivity contribution >= 4 is 10.2 Å². The molecule has 1 aliphatic heterocycles. The number of hydrogen-bond donors (Lipinski definition) is 0. The Labute approximate surface area is 52.8 Å². The van der Waals surface area contributed by atoms with Crippen LogP contribution in [-0.4, -0.2) is 22.5 Å². The Kier molecular flexibility index (Phi) is 0.986. The quantitative estimate of drug-likeness (QED) is 0.333. The van der Waals surface area contributed by atoms with Crippen LogP contribution < -0.4 is 0 Å². The molecule has 0 aromatic heterocycles. The summed E-state index contributed by atoms with van der Waals surface area (Å²) in [5.74, 6) is 0. The van der Waals surface area contributed by atoms with Gasteiger partial charge in [-0.3, -0.25) is 0 Å². The van der Waals surface area contributed by atoms with Gasteiger partial charge in [-0.2, -0.15) is 0 Å². The first-order valence-electron chi connectivity index (χ1n) is 3.53. The summed E-state index contributed by atoms with van der Waals surface area (Å²) in [5.41, 5.74) is 0.994. The van der Waals surface area contributed by atoms with Crippen molar-refractivity contribution < 1.29 is 4.74 Å². The van der Waals surface area contributed by atoms with Crippen molar-refractivity contribution in [1.29, 1.82) is 0 Å². The van der Waals surface area contributed by atoms with E-state index in [0.29, 0.717) is 6.10 Å². The molecule has 3 atom stereocenters. The lowest BCUT2D eigenvalue weighted by atomic mass is 10.0. The second-order valence-corrected chi connectivity index (χ2v) is 4.53. The Bertz CT molecular complexity index is 105. The lowest BCUT2D eigenvalue weighted by Gasteiger charge is -2.10. The molecule has 0 bridgehead atoms. The number of hydrogen-bond acceptors (Lipinski definition) is 1. The van der Waals surface area contributed by atoms with E-state index in [4.69, 9.17) is 4.74 Å². The van der Waals surface area contributed by atoms with Gasteiger partial charge in [-0.1, -0.05) is 12.8 Å². The molecular weight excluding hydrogens is 116 g/mol. The van der Waals surface area contributed by atoms with Gasteiger partial charge < -0.3 is 4.74 Å². The summed E-state index contributed by atoms with van der Waals surface area (Å²) in [6.07, 6.45) is 5.67. The van der Waals surface area contributed by atoms with Crippen LogP contribution in [0.4, 0.5) is 0 Å². The summed E-state index contributed by atoms with van der Waals surface area (Å²) in [6.45, 7) is 0. The SMILES string of the molecule is [SiH3]C1CCCC2OC12. The largest absolute Gasteiger partial charge is 0.370 e. The maximum atomic E-state index is 5.42. The highest BCUT2D eigenvalue weighted by Crippen LogP contribution is 2.42. The monoisotopic (exact) mass is 128 g/mol. The molecule has 1 saturated heterocycles. The van der Waals surface area contributed by atoms with Gasteiger partial charge in [0, 0.05) is 10.2 Å². The zero-order chi connectivity index (χ0) is 5.56. The average Bonchev–Trinajstić information content (AvgIpc) is 2.45. The molecule has 0 amide bonds. The molecule has 2 aliphatic rings. The molecule has 0 N–H and O–H groups in total. The van der Waals surface area contributed by atoms with E-state index >= 15 is 0 Å².